The summed E-state index contributed by atoms with van der Waals surface area (Å²) in [5.41, 5.74) is 3.09. The molecule has 3 rings (SSSR count). The lowest BCUT2D eigenvalue weighted by Gasteiger charge is -2.01. The molecule has 5 nitrogen and oxygen atoms in total. The van der Waals surface area contributed by atoms with Gasteiger partial charge >= 0.3 is 0 Å². The highest BCUT2D eigenvalue weighted by Gasteiger charge is 2.19. The van der Waals surface area contributed by atoms with Crippen molar-refractivity contribution in [3.05, 3.63) is 32.8 Å². The summed E-state index contributed by atoms with van der Waals surface area (Å²) in [5, 5.41) is 13.5. The lowest BCUT2D eigenvalue weighted by Crippen LogP contribution is -2.11. The molecule has 0 bridgehead atoms. The van der Waals surface area contributed by atoms with Gasteiger partial charge in [-0.3, -0.25) is 10.1 Å². The molecule has 0 aromatic carbocycles. The Hall–Kier alpha value is -1.86. The molecule has 3 aromatic rings. The zero-order valence-electron chi connectivity index (χ0n) is 13.7. The maximum absolute atomic E-state index is 12.6. The summed E-state index contributed by atoms with van der Waals surface area (Å²) in [7, 11) is 0. The Labute approximate surface area is 142 Å². The summed E-state index contributed by atoms with van der Waals surface area (Å²) in [6, 6.07) is 2.05. The zero-order chi connectivity index (χ0) is 16.7. The second-order valence-corrected chi connectivity index (χ2v) is 7.88. The van der Waals surface area contributed by atoms with Crippen LogP contribution in [0.2, 0.25) is 0 Å². The van der Waals surface area contributed by atoms with Gasteiger partial charge in [0.15, 0.2) is 0 Å². The molecule has 23 heavy (non-hydrogen) atoms. The van der Waals surface area contributed by atoms with Crippen LogP contribution in [0, 0.1) is 20.8 Å². The van der Waals surface area contributed by atoms with E-state index < -0.39 is 0 Å². The van der Waals surface area contributed by atoms with Gasteiger partial charge in [-0.05, 0) is 38.0 Å². The summed E-state index contributed by atoms with van der Waals surface area (Å²) in [6.07, 6.45) is 0. The topological polar surface area (TPSA) is 67.8 Å². The maximum atomic E-state index is 12.6. The summed E-state index contributed by atoms with van der Waals surface area (Å²) in [4.78, 5) is 18.7. The maximum Gasteiger partial charge on any atom is 0.267 e. The van der Waals surface area contributed by atoms with Crippen molar-refractivity contribution in [2.45, 2.75) is 40.5 Å². The number of fused-ring (bicyclic) bond motifs is 1. The van der Waals surface area contributed by atoms with E-state index in [4.69, 9.17) is 0 Å². The number of carbonyl (C=O) groups is 1. The highest BCUT2D eigenvalue weighted by Crippen LogP contribution is 2.33. The predicted octanol–water partition coefficient (Wildman–Crippen LogP) is 4.45. The molecule has 120 valence electrons. The Morgan fingerprint density at radius 2 is 1.91 bits per heavy atom. The number of amides is 1. The molecule has 0 atom stereocenters. The lowest BCUT2D eigenvalue weighted by molar-refractivity contribution is 0.103. The van der Waals surface area contributed by atoms with Crippen LogP contribution < -0.4 is 5.32 Å². The van der Waals surface area contributed by atoms with E-state index in [0.717, 1.165) is 32.0 Å². The van der Waals surface area contributed by atoms with Crippen molar-refractivity contribution in [2.24, 2.45) is 0 Å². The Kier molecular flexibility index (Phi) is 4.16. The molecule has 7 heteroatoms. The quantitative estimate of drug-likeness (QED) is 0.761. The van der Waals surface area contributed by atoms with Crippen LogP contribution in [0.5, 0.6) is 0 Å². The molecule has 1 amide bonds. The third-order valence-electron chi connectivity index (χ3n) is 3.59. The second-order valence-electron chi connectivity index (χ2n) is 5.87. The molecule has 0 spiro atoms. The minimum Gasteiger partial charge on any atom is -0.296 e. The number of thiophene rings is 1. The summed E-state index contributed by atoms with van der Waals surface area (Å²) in [5.74, 6) is 0.160. The molecule has 3 aromatic heterocycles. The van der Waals surface area contributed by atoms with Crippen molar-refractivity contribution in [2.75, 3.05) is 5.32 Å². The van der Waals surface area contributed by atoms with Crippen molar-refractivity contribution in [3.8, 4) is 0 Å². The van der Waals surface area contributed by atoms with Crippen LogP contribution >= 0.6 is 22.7 Å². The van der Waals surface area contributed by atoms with E-state index in [9.17, 15) is 4.79 Å². The first-order valence-electron chi connectivity index (χ1n) is 7.39. The molecule has 0 unspecified atom stereocenters. The number of hydrogen-bond acceptors (Lipinski definition) is 6. The van der Waals surface area contributed by atoms with Gasteiger partial charge in [-0.15, -0.1) is 21.5 Å². The van der Waals surface area contributed by atoms with Crippen LogP contribution in [-0.4, -0.2) is 21.1 Å². The van der Waals surface area contributed by atoms with Gasteiger partial charge in [-0.2, -0.15) is 0 Å². The number of aromatic nitrogens is 3. The van der Waals surface area contributed by atoms with E-state index in [1.807, 2.05) is 19.9 Å². The zero-order valence-corrected chi connectivity index (χ0v) is 15.4. The van der Waals surface area contributed by atoms with Crippen molar-refractivity contribution in [1.29, 1.82) is 0 Å². The van der Waals surface area contributed by atoms with E-state index in [1.165, 1.54) is 22.7 Å². The standard InChI is InChI=1S/C16H18N4OS2/c1-7(2)14-19-20-16(23-14)18-13(21)12-10(5)11-8(3)6-9(4)17-15(11)22-12/h6-7H,1-5H3,(H,18,20,21). The van der Waals surface area contributed by atoms with Crippen LogP contribution in [-0.2, 0) is 0 Å². The van der Waals surface area contributed by atoms with Gasteiger partial charge in [-0.1, -0.05) is 25.2 Å². The number of aryl methyl sites for hydroxylation is 3. The van der Waals surface area contributed by atoms with Crippen LogP contribution in [0.4, 0.5) is 5.13 Å². The molecular weight excluding hydrogens is 328 g/mol. The number of nitrogens with one attached hydrogen (secondary N) is 1. The Bertz CT molecular complexity index is 895. The van der Waals surface area contributed by atoms with Gasteiger partial charge in [0.05, 0.1) is 4.88 Å². The lowest BCUT2D eigenvalue weighted by atomic mass is 10.1. The van der Waals surface area contributed by atoms with E-state index in [1.54, 1.807) is 0 Å². The first kappa shape index (κ1) is 16.0. The SMILES string of the molecule is Cc1cc(C)c2c(C)c(C(=O)Nc3nnc(C(C)C)s3)sc2n1. The smallest absolute Gasteiger partial charge is 0.267 e. The minimum atomic E-state index is -0.144. The van der Waals surface area contributed by atoms with E-state index >= 15 is 0 Å². The normalized spacial score (nSPS) is 11.4. The average Bonchev–Trinajstić information content (AvgIpc) is 3.03. The molecule has 3 heterocycles. The molecule has 0 fully saturated rings. The highest BCUT2D eigenvalue weighted by atomic mass is 32.1. The van der Waals surface area contributed by atoms with Crippen LogP contribution in [0.1, 0.15) is 51.3 Å². The van der Waals surface area contributed by atoms with Crippen molar-refractivity contribution in [3.63, 3.8) is 0 Å². The van der Waals surface area contributed by atoms with Crippen molar-refractivity contribution >= 4 is 43.9 Å². The van der Waals surface area contributed by atoms with Crippen LogP contribution in [0.15, 0.2) is 6.07 Å². The highest BCUT2D eigenvalue weighted by molar-refractivity contribution is 7.21. The number of rotatable bonds is 3. The van der Waals surface area contributed by atoms with E-state index in [-0.39, 0.29) is 5.91 Å². The fourth-order valence-electron chi connectivity index (χ4n) is 2.51. The van der Waals surface area contributed by atoms with Crippen molar-refractivity contribution in [1.82, 2.24) is 15.2 Å². The molecule has 0 saturated heterocycles. The Morgan fingerprint density at radius 1 is 1.17 bits per heavy atom. The van der Waals surface area contributed by atoms with Gasteiger partial charge in [0.2, 0.25) is 5.13 Å². The molecule has 1 N–H and O–H groups in total. The largest absolute Gasteiger partial charge is 0.296 e. The number of hydrogen-bond donors (Lipinski definition) is 1. The van der Waals surface area contributed by atoms with Gasteiger partial charge in [0, 0.05) is 17.0 Å². The number of nitrogens with zero attached hydrogens (tertiary/aromatic N) is 3. The summed E-state index contributed by atoms with van der Waals surface area (Å²) >= 11 is 2.84. The molecule has 0 aliphatic carbocycles. The average molecular weight is 346 g/mol. The monoisotopic (exact) mass is 346 g/mol. The Balaban J connectivity index is 1.94. The first-order chi connectivity index (χ1) is 10.9. The molecule has 0 radical (unpaired) electrons. The summed E-state index contributed by atoms with van der Waals surface area (Å²) < 4.78 is 0. The number of pyridine rings is 1. The third kappa shape index (κ3) is 2.98. The predicted molar refractivity (Wildman–Crippen MR) is 95.8 cm³/mol. The molecule has 0 aliphatic heterocycles. The summed E-state index contributed by atoms with van der Waals surface area (Å²) in [6.45, 7) is 10.1. The molecular formula is C16H18N4OS2. The van der Waals surface area contributed by atoms with Gasteiger partial charge in [0.25, 0.3) is 5.91 Å². The molecule has 0 aliphatic rings. The van der Waals surface area contributed by atoms with E-state index in [2.05, 4.69) is 41.3 Å². The fraction of sp³-hybridized carbons (Fsp3) is 0.375. The van der Waals surface area contributed by atoms with Gasteiger partial charge < -0.3 is 0 Å². The first-order valence-corrected chi connectivity index (χ1v) is 9.02. The second kappa shape index (κ2) is 5.98. The van der Waals surface area contributed by atoms with Crippen molar-refractivity contribution < 1.29 is 4.79 Å². The minimum absolute atomic E-state index is 0.144. The Morgan fingerprint density at radius 3 is 2.57 bits per heavy atom. The van der Waals surface area contributed by atoms with Crippen LogP contribution in [0.25, 0.3) is 10.2 Å². The number of carbonyl (C=O) groups excluding carboxylic acids is 1. The van der Waals surface area contributed by atoms with Gasteiger partial charge in [-0.25, -0.2) is 4.98 Å². The third-order valence-corrected chi connectivity index (χ3v) is 5.91. The van der Waals surface area contributed by atoms with Gasteiger partial charge in [0.1, 0.15) is 9.84 Å². The molecule has 0 saturated carbocycles. The van der Waals surface area contributed by atoms with E-state index in [0.29, 0.717) is 15.9 Å². The number of anilines is 1. The van der Waals surface area contributed by atoms with Crippen LogP contribution in [0.3, 0.4) is 0 Å². The fourth-order valence-corrected chi connectivity index (χ4v) is 4.45.